The normalized spacial score (nSPS) is 9.58. The quantitative estimate of drug-likeness (QED) is 0.878. The van der Waals surface area contributed by atoms with E-state index in [2.05, 4.69) is 0 Å². The molecule has 0 spiro atoms. The minimum atomic E-state index is -0.324. The van der Waals surface area contributed by atoms with E-state index in [0.29, 0.717) is 12.1 Å². The maximum absolute atomic E-state index is 11.5. The van der Waals surface area contributed by atoms with Gasteiger partial charge in [0.05, 0.1) is 12.7 Å². The molecule has 0 radical (unpaired) electrons. The molecule has 2 rings (SSSR count). The van der Waals surface area contributed by atoms with Gasteiger partial charge in [0.15, 0.2) is 0 Å². The van der Waals surface area contributed by atoms with Gasteiger partial charge in [0.2, 0.25) is 0 Å². The van der Waals surface area contributed by atoms with Gasteiger partial charge in [-0.2, -0.15) is 0 Å². The molecule has 0 saturated carbocycles. The predicted octanol–water partition coefficient (Wildman–Crippen LogP) is 3.02. The number of hydrogen-bond acceptors (Lipinski definition) is 3. The Morgan fingerprint density at radius 2 is 1.79 bits per heavy atom. The minimum Gasteiger partial charge on any atom is -0.465 e. The summed E-state index contributed by atoms with van der Waals surface area (Å²) >= 11 is 0. The monoisotopic (exact) mass is 277 g/mol. The number of carbonyl (C=O) groups excluding carboxylic acids is 1. The first kappa shape index (κ1) is 15.2. The third-order valence-corrected chi connectivity index (χ3v) is 2.81. The molecule has 4 heteroatoms. The molecule has 0 unspecified atom stereocenters. The van der Waals surface area contributed by atoms with E-state index in [0.717, 1.165) is 16.7 Å². The highest BCUT2D eigenvalue weighted by molar-refractivity contribution is 5.90. The van der Waals surface area contributed by atoms with Gasteiger partial charge >= 0.3 is 5.97 Å². The van der Waals surface area contributed by atoms with Crippen molar-refractivity contribution >= 4 is 18.4 Å². The van der Waals surface area contributed by atoms with Crippen LogP contribution < -0.4 is 5.73 Å². The first-order valence-electron chi connectivity index (χ1n) is 5.72. The van der Waals surface area contributed by atoms with Crippen LogP contribution >= 0.6 is 12.4 Å². The minimum absolute atomic E-state index is 0. The van der Waals surface area contributed by atoms with Crippen LogP contribution in [0.2, 0.25) is 0 Å². The summed E-state index contributed by atoms with van der Waals surface area (Å²) in [5.41, 5.74) is 9.24. The molecule has 0 fully saturated rings. The molecule has 0 heterocycles. The molecular weight excluding hydrogens is 262 g/mol. The van der Waals surface area contributed by atoms with Gasteiger partial charge in [-0.15, -0.1) is 12.4 Å². The van der Waals surface area contributed by atoms with Crippen LogP contribution in [0, 0.1) is 0 Å². The van der Waals surface area contributed by atoms with E-state index in [1.54, 1.807) is 6.07 Å². The molecule has 0 bridgehead atoms. The lowest BCUT2D eigenvalue weighted by molar-refractivity contribution is 0.0601. The first-order valence-corrected chi connectivity index (χ1v) is 5.72. The van der Waals surface area contributed by atoms with Gasteiger partial charge in [-0.3, -0.25) is 0 Å². The summed E-state index contributed by atoms with van der Waals surface area (Å²) in [6, 6.07) is 15.3. The van der Waals surface area contributed by atoms with E-state index in [1.165, 1.54) is 7.11 Å². The molecule has 0 aliphatic heterocycles. The van der Waals surface area contributed by atoms with Crippen molar-refractivity contribution in [3.63, 3.8) is 0 Å². The average Bonchev–Trinajstić information content (AvgIpc) is 2.46. The van der Waals surface area contributed by atoms with Crippen LogP contribution in [0.1, 0.15) is 15.9 Å². The molecule has 2 aromatic rings. The number of benzene rings is 2. The Labute approximate surface area is 118 Å². The molecular formula is C15H16ClNO2. The highest BCUT2D eigenvalue weighted by atomic mass is 35.5. The lowest BCUT2D eigenvalue weighted by atomic mass is 10.0. The number of carbonyl (C=O) groups is 1. The number of esters is 1. The Hall–Kier alpha value is -1.84. The van der Waals surface area contributed by atoms with Crippen molar-refractivity contribution in [1.82, 2.24) is 0 Å². The molecule has 19 heavy (non-hydrogen) atoms. The van der Waals surface area contributed by atoms with Crippen molar-refractivity contribution in [2.75, 3.05) is 7.11 Å². The maximum Gasteiger partial charge on any atom is 0.337 e. The number of methoxy groups -OCH3 is 1. The predicted molar refractivity (Wildman–Crippen MR) is 78.4 cm³/mol. The standard InChI is InChI=1S/C15H15NO2.ClH/c1-18-15(17)14-4-2-3-13(9-14)12-7-5-11(10-16)6-8-12;/h2-9H,10,16H2,1H3;1H. The molecule has 0 aromatic heterocycles. The molecule has 2 N–H and O–H groups in total. The maximum atomic E-state index is 11.5. The second-order valence-corrected chi connectivity index (χ2v) is 3.97. The third-order valence-electron chi connectivity index (χ3n) is 2.81. The number of rotatable bonds is 3. The number of halogens is 1. The number of ether oxygens (including phenoxy) is 1. The van der Waals surface area contributed by atoms with Crippen molar-refractivity contribution < 1.29 is 9.53 Å². The summed E-state index contributed by atoms with van der Waals surface area (Å²) in [6.07, 6.45) is 0. The van der Waals surface area contributed by atoms with Crippen LogP contribution in [0.3, 0.4) is 0 Å². The Kier molecular flexibility index (Phi) is 5.55. The van der Waals surface area contributed by atoms with Gasteiger partial charge < -0.3 is 10.5 Å². The largest absolute Gasteiger partial charge is 0.465 e. The van der Waals surface area contributed by atoms with Crippen LogP contribution in [0.4, 0.5) is 0 Å². The first-order chi connectivity index (χ1) is 8.74. The molecule has 100 valence electrons. The fraction of sp³-hybridized carbons (Fsp3) is 0.133. The summed E-state index contributed by atoms with van der Waals surface area (Å²) in [4.78, 5) is 11.5. The van der Waals surface area contributed by atoms with Crippen LogP contribution in [-0.4, -0.2) is 13.1 Å². The van der Waals surface area contributed by atoms with Gasteiger partial charge in [-0.25, -0.2) is 4.79 Å². The topological polar surface area (TPSA) is 52.3 Å². The van der Waals surface area contributed by atoms with Gasteiger partial charge in [0, 0.05) is 6.54 Å². The van der Waals surface area contributed by atoms with Gasteiger partial charge in [-0.05, 0) is 28.8 Å². The summed E-state index contributed by atoms with van der Waals surface area (Å²) < 4.78 is 4.71. The highest BCUT2D eigenvalue weighted by Gasteiger charge is 2.06. The van der Waals surface area contributed by atoms with Gasteiger partial charge in [-0.1, -0.05) is 36.4 Å². The molecule has 0 aliphatic carbocycles. The van der Waals surface area contributed by atoms with Crippen LogP contribution in [0.5, 0.6) is 0 Å². The van der Waals surface area contributed by atoms with Crippen LogP contribution in [0.15, 0.2) is 48.5 Å². The SMILES string of the molecule is COC(=O)c1cccc(-c2ccc(CN)cc2)c1.Cl. The number of hydrogen-bond donors (Lipinski definition) is 1. The van der Waals surface area contributed by atoms with E-state index in [-0.39, 0.29) is 18.4 Å². The van der Waals surface area contributed by atoms with Crippen molar-refractivity contribution in [3.8, 4) is 11.1 Å². The van der Waals surface area contributed by atoms with Gasteiger partial charge in [0.25, 0.3) is 0 Å². The van der Waals surface area contributed by atoms with Gasteiger partial charge in [0.1, 0.15) is 0 Å². The Balaban J connectivity index is 0.00000180. The average molecular weight is 278 g/mol. The zero-order valence-electron chi connectivity index (χ0n) is 10.6. The molecule has 3 nitrogen and oxygen atoms in total. The highest BCUT2D eigenvalue weighted by Crippen LogP contribution is 2.21. The van der Waals surface area contributed by atoms with E-state index >= 15 is 0 Å². The van der Waals surface area contributed by atoms with E-state index in [9.17, 15) is 4.79 Å². The van der Waals surface area contributed by atoms with Crippen LogP contribution in [-0.2, 0) is 11.3 Å². The van der Waals surface area contributed by atoms with E-state index < -0.39 is 0 Å². The van der Waals surface area contributed by atoms with Crippen molar-refractivity contribution in [3.05, 3.63) is 59.7 Å². The Morgan fingerprint density at radius 1 is 1.11 bits per heavy atom. The summed E-state index contributed by atoms with van der Waals surface area (Å²) in [6.45, 7) is 0.530. The summed E-state index contributed by atoms with van der Waals surface area (Å²) in [7, 11) is 1.38. The smallest absolute Gasteiger partial charge is 0.337 e. The molecule has 0 saturated heterocycles. The van der Waals surface area contributed by atoms with Crippen molar-refractivity contribution in [2.45, 2.75) is 6.54 Å². The second-order valence-electron chi connectivity index (χ2n) is 3.97. The van der Waals surface area contributed by atoms with Crippen molar-refractivity contribution in [2.24, 2.45) is 5.73 Å². The zero-order chi connectivity index (χ0) is 13.0. The molecule has 0 atom stereocenters. The van der Waals surface area contributed by atoms with Crippen LogP contribution in [0.25, 0.3) is 11.1 Å². The molecule has 0 aliphatic rings. The third kappa shape index (κ3) is 3.56. The zero-order valence-corrected chi connectivity index (χ0v) is 11.4. The molecule has 0 amide bonds. The lowest BCUT2D eigenvalue weighted by Gasteiger charge is -2.05. The van der Waals surface area contributed by atoms with E-state index in [4.69, 9.17) is 10.5 Å². The summed E-state index contributed by atoms with van der Waals surface area (Å²) in [5, 5.41) is 0. The summed E-state index contributed by atoms with van der Waals surface area (Å²) in [5.74, 6) is -0.324. The Morgan fingerprint density at radius 3 is 2.37 bits per heavy atom. The lowest BCUT2D eigenvalue weighted by Crippen LogP contribution is -2.00. The Bertz CT molecular complexity index is 552. The van der Waals surface area contributed by atoms with Crippen molar-refractivity contribution in [1.29, 1.82) is 0 Å². The fourth-order valence-electron chi connectivity index (χ4n) is 1.78. The number of nitrogens with two attached hydrogens (primary N) is 1. The van der Waals surface area contributed by atoms with E-state index in [1.807, 2.05) is 42.5 Å². The molecule has 2 aromatic carbocycles. The second kappa shape index (κ2) is 6.92. The fourth-order valence-corrected chi connectivity index (χ4v) is 1.78.